The summed E-state index contributed by atoms with van der Waals surface area (Å²) >= 11 is 0. The van der Waals surface area contributed by atoms with Crippen LogP contribution >= 0.6 is 0 Å². The van der Waals surface area contributed by atoms with Crippen LogP contribution in [0.25, 0.3) is 11.1 Å². The van der Waals surface area contributed by atoms with Crippen LogP contribution in [0.5, 0.6) is 0 Å². The van der Waals surface area contributed by atoms with E-state index in [0.29, 0.717) is 11.5 Å². The molecular formula is C20H19N5O3. The molecule has 0 fully saturated rings. The van der Waals surface area contributed by atoms with Gasteiger partial charge in [0.2, 0.25) is 5.89 Å². The first-order valence-electron chi connectivity index (χ1n) is 8.75. The maximum absolute atomic E-state index is 12.4. The second kappa shape index (κ2) is 7.07. The number of rotatable bonds is 5. The van der Waals surface area contributed by atoms with Gasteiger partial charge in [-0.25, -0.2) is 9.78 Å². The number of benzene rings is 2. The molecule has 0 saturated carbocycles. The molecule has 0 aliphatic heterocycles. The molecule has 2 aromatic heterocycles. The number of para-hydroxylation sites is 2. The maximum Gasteiger partial charge on any atom is 0.330 e. The fourth-order valence-electron chi connectivity index (χ4n) is 3.14. The van der Waals surface area contributed by atoms with E-state index in [2.05, 4.69) is 9.97 Å². The highest BCUT2D eigenvalue weighted by atomic mass is 16.3. The summed E-state index contributed by atoms with van der Waals surface area (Å²) in [5.41, 5.74) is 7.61. The van der Waals surface area contributed by atoms with Crippen molar-refractivity contribution >= 4 is 22.6 Å². The molecule has 142 valence electrons. The van der Waals surface area contributed by atoms with Gasteiger partial charge in [-0.2, -0.15) is 0 Å². The standard InChI is InChI=1S/C20H19N5O3/c1-24(12-16-22-14-9-5-6-10-15(14)28-16)17-18(21)25(20(27)23-19(17)26)11-13-7-3-2-4-8-13/h2-10H,11-12,21H2,1H3,(H,23,26,27). The minimum atomic E-state index is -0.551. The number of aromatic nitrogens is 3. The van der Waals surface area contributed by atoms with Crippen LogP contribution in [0.1, 0.15) is 11.5 Å². The van der Waals surface area contributed by atoms with Crippen LogP contribution in [-0.2, 0) is 13.1 Å². The van der Waals surface area contributed by atoms with Gasteiger partial charge in [0.1, 0.15) is 17.0 Å². The fraction of sp³-hybridized carbons (Fsp3) is 0.150. The summed E-state index contributed by atoms with van der Waals surface area (Å²) in [6, 6.07) is 16.8. The van der Waals surface area contributed by atoms with Crippen LogP contribution in [0.3, 0.4) is 0 Å². The molecular weight excluding hydrogens is 358 g/mol. The predicted octanol–water partition coefficient (Wildman–Crippen LogP) is 1.94. The van der Waals surface area contributed by atoms with Crippen LogP contribution in [0, 0.1) is 0 Å². The number of hydrogen-bond acceptors (Lipinski definition) is 6. The van der Waals surface area contributed by atoms with Crippen molar-refractivity contribution < 1.29 is 4.42 Å². The molecule has 8 heteroatoms. The molecule has 0 aliphatic carbocycles. The number of nitrogens with zero attached hydrogens (tertiary/aromatic N) is 3. The van der Waals surface area contributed by atoms with Crippen molar-refractivity contribution in [3.63, 3.8) is 0 Å². The molecule has 0 radical (unpaired) electrons. The number of hydrogen-bond donors (Lipinski definition) is 2. The summed E-state index contributed by atoms with van der Waals surface area (Å²) in [5.74, 6) is 0.541. The van der Waals surface area contributed by atoms with E-state index in [4.69, 9.17) is 10.2 Å². The third-order valence-corrected chi connectivity index (χ3v) is 4.49. The van der Waals surface area contributed by atoms with Gasteiger partial charge in [-0.15, -0.1) is 0 Å². The molecule has 4 aromatic rings. The zero-order valence-corrected chi connectivity index (χ0v) is 15.3. The number of nitrogen functional groups attached to an aromatic ring is 1. The average Bonchev–Trinajstić information content (AvgIpc) is 3.08. The van der Waals surface area contributed by atoms with Crippen LogP contribution in [-0.4, -0.2) is 21.6 Å². The summed E-state index contributed by atoms with van der Waals surface area (Å²) in [6.07, 6.45) is 0. The van der Waals surface area contributed by atoms with Crippen LogP contribution < -0.4 is 21.9 Å². The molecule has 0 unspecified atom stereocenters. The molecule has 3 N–H and O–H groups in total. The number of H-pyrrole nitrogens is 1. The number of nitrogens with one attached hydrogen (secondary N) is 1. The van der Waals surface area contributed by atoms with Crippen molar-refractivity contribution in [2.75, 3.05) is 17.7 Å². The Balaban J connectivity index is 1.69. The van der Waals surface area contributed by atoms with E-state index in [1.54, 1.807) is 11.9 Å². The van der Waals surface area contributed by atoms with Crippen molar-refractivity contribution in [1.29, 1.82) is 0 Å². The Bertz CT molecular complexity index is 1210. The molecule has 0 atom stereocenters. The van der Waals surface area contributed by atoms with Gasteiger partial charge < -0.3 is 15.1 Å². The van der Waals surface area contributed by atoms with Crippen molar-refractivity contribution in [3.8, 4) is 0 Å². The van der Waals surface area contributed by atoms with E-state index in [-0.39, 0.29) is 24.6 Å². The number of aromatic amines is 1. The summed E-state index contributed by atoms with van der Waals surface area (Å²) in [7, 11) is 1.70. The highest BCUT2D eigenvalue weighted by Crippen LogP contribution is 2.20. The molecule has 8 nitrogen and oxygen atoms in total. The van der Waals surface area contributed by atoms with Gasteiger partial charge >= 0.3 is 5.69 Å². The molecule has 0 spiro atoms. The first kappa shape index (κ1) is 17.6. The summed E-state index contributed by atoms with van der Waals surface area (Å²) in [6.45, 7) is 0.484. The summed E-state index contributed by atoms with van der Waals surface area (Å²) in [5, 5.41) is 0. The predicted molar refractivity (Wildman–Crippen MR) is 107 cm³/mol. The van der Waals surface area contributed by atoms with Crippen molar-refractivity contribution in [2.45, 2.75) is 13.1 Å². The lowest BCUT2D eigenvalue weighted by Gasteiger charge is -2.20. The largest absolute Gasteiger partial charge is 0.439 e. The van der Waals surface area contributed by atoms with Gasteiger partial charge in [-0.05, 0) is 17.7 Å². The highest BCUT2D eigenvalue weighted by molar-refractivity contribution is 5.72. The van der Waals surface area contributed by atoms with Gasteiger partial charge in [0.15, 0.2) is 5.58 Å². The van der Waals surface area contributed by atoms with E-state index in [1.807, 2.05) is 54.6 Å². The first-order valence-corrected chi connectivity index (χ1v) is 8.75. The first-order chi connectivity index (χ1) is 13.5. The van der Waals surface area contributed by atoms with Gasteiger partial charge in [0.25, 0.3) is 5.56 Å². The second-order valence-electron chi connectivity index (χ2n) is 6.50. The van der Waals surface area contributed by atoms with Crippen LogP contribution in [0.2, 0.25) is 0 Å². The quantitative estimate of drug-likeness (QED) is 0.550. The lowest BCUT2D eigenvalue weighted by molar-refractivity contribution is 0.526. The Morgan fingerprint density at radius 2 is 1.82 bits per heavy atom. The molecule has 0 aliphatic rings. The third-order valence-electron chi connectivity index (χ3n) is 4.49. The van der Waals surface area contributed by atoms with E-state index in [0.717, 1.165) is 11.1 Å². The Morgan fingerprint density at radius 1 is 1.11 bits per heavy atom. The molecule has 0 saturated heterocycles. The summed E-state index contributed by atoms with van der Waals surface area (Å²) in [4.78, 5) is 33.1. The Morgan fingerprint density at radius 3 is 2.57 bits per heavy atom. The third kappa shape index (κ3) is 3.27. The van der Waals surface area contributed by atoms with E-state index >= 15 is 0 Å². The Hall–Kier alpha value is -3.81. The zero-order chi connectivity index (χ0) is 19.7. The van der Waals surface area contributed by atoms with E-state index in [9.17, 15) is 9.59 Å². The molecule has 4 rings (SSSR count). The van der Waals surface area contributed by atoms with Gasteiger partial charge in [-0.3, -0.25) is 14.3 Å². The minimum Gasteiger partial charge on any atom is -0.439 e. The SMILES string of the molecule is CN(Cc1nc2ccccc2o1)c1c(N)n(Cc2ccccc2)c(=O)[nH]c1=O. The van der Waals surface area contributed by atoms with Gasteiger partial charge in [-0.1, -0.05) is 42.5 Å². The van der Waals surface area contributed by atoms with Gasteiger partial charge in [0, 0.05) is 7.05 Å². The lowest BCUT2D eigenvalue weighted by Crippen LogP contribution is -2.37. The number of fused-ring (bicyclic) bond motifs is 1. The van der Waals surface area contributed by atoms with Gasteiger partial charge in [0.05, 0.1) is 13.1 Å². The highest BCUT2D eigenvalue weighted by Gasteiger charge is 2.18. The average molecular weight is 377 g/mol. The molecule has 2 heterocycles. The van der Waals surface area contributed by atoms with E-state index < -0.39 is 11.2 Å². The Labute approximate surface area is 159 Å². The van der Waals surface area contributed by atoms with Crippen molar-refractivity contribution in [3.05, 3.63) is 86.9 Å². The maximum atomic E-state index is 12.4. The molecule has 0 amide bonds. The van der Waals surface area contributed by atoms with Crippen molar-refractivity contribution in [1.82, 2.24) is 14.5 Å². The van der Waals surface area contributed by atoms with E-state index in [1.165, 1.54) is 4.57 Å². The van der Waals surface area contributed by atoms with Crippen LogP contribution in [0.4, 0.5) is 11.5 Å². The normalized spacial score (nSPS) is 11.0. The van der Waals surface area contributed by atoms with Crippen molar-refractivity contribution in [2.24, 2.45) is 0 Å². The number of oxazole rings is 1. The molecule has 0 bridgehead atoms. The fourth-order valence-corrected chi connectivity index (χ4v) is 3.14. The zero-order valence-electron chi connectivity index (χ0n) is 15.3. The Kier molecular flexibility index (Phi) is 4.44. The number of nitrogens with two attached hydrogens (primary N) is 1. The smallest absolute Gasteiger partial charge is 0.330 e. The minimum absolute atomic E-state index is 0.0937. The van der Waals surface area contributed by atoms with Crippen LogP contribution in [0.15, 0.2) is 68.6 Å². The summed E-state index contributed by atoms with van der Waals surface area (Å²) < 4.78 is 7.06. The molecule has 28 heavy (non-hydrogen) atoms. The second-order valence-corrected chi connectivity index (χ2v) is 6.50. The molecule has 2 aromatic carbocycles. The number of anilines is 2. The monoisotopic (exact) mass is 377 g/mol. The topological polar surface area (TPSA) is 110 Å². The lowest BCUT2D eigenvalue weighted by atomic mass is 10.2.